The Morgan fingerprint density at radius 2 is 1.77 bits per heavy atom. The second-order valence-electron chi connectivity index (χ2n) is 7.82. The second kappa shape index (κ2) is 8.96. The molecule has 0 saturated heterocycles. The van der Waals surface area contributed by atoms with Crippen LogP contribution in [-0.2, 0) is 6.54 Å². The lowest BCUT2D eigenvalue weighted by molar-refractivity contribution is 0.0939. The molecular weight excluding hydrogens is 384 g/mol. The Labute approximate surface area is 182 Å². The molecule has 0 aliphatic carbocycles. The highest BCUT2D eigenvalue weighted by Crippen LogP contribution is 2.25. The Bertz CT molecular complexity index is 1180. The second-order valence-corrected chi connectivity index (χ2v) is 7.82. The molecule has 1 atom stereocenters. The predicted octanol–water partition coefficient (Wildman–Crippen LogP) is 5.10. The van der Waals surface area contributed by atoms with Crippen LogP contribution in [0.3, 0.4) is 0 Å². The fourth-order valence-electron chi connectivity index (χ4n) is 3.52. The van der Waals surface area contributed by atoms with Gasteiger partial charge in [0.1, 0.15) is 5.69 Å². The molecule has 2 aromatic carbocycles. The summed E-state index contributed by atoms with van der Waals surface area (Å²) < 4.78 is 1.83. The quantitative estimate of drug-likeness (QED) is 0.481. The normalized spacial score (nSPS) is 11.8. The Kier molecular flexibility index (Phi) is 5.94. The Hall–Kier alpha value is -3.73. The lowest BCUT2D eigenvalue weighted by Gasteiger charge is -2.13. The van der Waals surface area contributed by atoms with Crippen LogP contribution in [0.25, 0.3) is 11.3 Å². The summed E-state index contributed by atoms with van der Waals surface area (Å²) in [5.74, 6) is -0.161. The highest BCUT2D eigenvalue weighted by atomic mass is 16.1. The van der Waals surface area contributed by atoms with Gasteiger partial charge in [-0.15, -0.1) is 0 Å². The first kappa shape index (κ1) is 20.5. The summed E-state index contributed by atoms with van der Waals surface area (Å²) in [5, 5.41) is 7.86. The van der Waals surface area contributed by atoms with Crippen LogP contribution < -0.4 is 5.32 Å². The van der Waals surface area contributed by atoms with E-state index in [-0.39, 0.29) is 11.9 Å². The summed E-state index contributed by atoms with van der Waals surface area (Å²) in [6.45, 7) is 6.68. The van der Waals surface area contributed by atoms with E-state index < -0.39 is 0 Å². The topological polar surface area (TPSA) is 59.8 Å². The third-order valence-corrected chi connectivity index (χ3v) is 5.45. The van der Waals surface area contributed by atoms with Gasteiger partial charge in [0.2, 0.25) is 0 Å². The van der Waals surface area contributed by atoms with E-state index in [0.29, 0.717) is 17.8 Å². The van der Waals surface area contributed by atoms with E-state index in [1.165, 1.54) is 11.1 Å². The van der Waals surface area contributed by atoms with Gasteiger partial charge in [-0.05, 0) is 55.7 Å². The van der Waals surface area contributed by atoms with Crippen molar-refractivity contribution in [1.29, 1.82) is 0 Å². The third kappa shape index (κ3) is 4.72. The van der Waals surface area contributed by atoms with Crippen LogP contribution in [0.2, 0.25) is 0 Å². The molecule has 4 rings (SSSR count). The van der Waals surface area contributed by atoms with Gasteiger partial charge in [0.25, 0.3) is 5.91 Å². The van der Waals surface area contributed by atoms with Crippen molar-refractivity contribution in [1.82, 2.24) is 20.1 Å². The number of benzene rings is 2. The lowest BCUT2D eigenvalue weighted by Crippen LogP contribution is -2.27. The van der Waals surface area contributed by atoms with Crippen LogP contribution in [0.5, 0.6) is 0 Å². The van der Waals surface area contributed by atoms with Gasteiger partial charge in [0, 0.05) is 18.0 Å². The van der Waals surface area contributed by atoms with Crippen molar-refractivity contribution < 1.29 is 4.79 Å². The van der Waals surface area contributed by atoms with E-state index in [4.69, 9.17) is 5.10 Å². The maximum Gasteiger partial charge on any atom is 0.255 e. The van der Waals surface area contributed by atoms with Gasteiger partial charge in [-0.2, -0.15) is 5.10 Å². The smallest absolute Gasteiger partial charge is 0.255 e. The predicted molar refractivity (Wildman–Crippen MR) is 123 cm³/mol. The summed E-state index contributed by atoms with van der Waals surface area (Å²) in [5.41, 5.74) is 6.51. The largest absolute Gasteiger partial charge is 0.344 e. The Morgan fingerprint density at radius 3 is 2.48 bits per heavy atom. The molecule has 0 aliphatic rings. The molecule has 1 unspecified atom stereocenters. The van der Waals surface area contributed by atoms with E-state index in [2.05, 4.69) is 48.4 Å². The summed E-state index contributed by atoms with van der Waals surface area (Å²) in [7, 11) is 0. The van der Waals surface area contributed by atoms with Crippen LogP contribution in [0.1, 0.15) is 45.7 Å². The fraction of sp³-hybridized carbons (Fsp3) is 0.192. The number of hydrogen-bond acceptors (Lipinski definition) is 3. The van der Waals surface area contributed by atoms with Crippen LogP contribution in [0, 0.1) is 13.8 Å². The van der Waals surface area contributed by atoms with Gasteiger partial charge in [0.15, 0.2) is 0 Å². The maximum absolute atomic E-state index is 13.2. The fourth-order valence-corrected chi connectivity index (χ4v) is 3.52. The zero-order valence-corrected chi connectivity index (χ0v) is 18.0. The SMILES string of the molecule is Cc1ccc(-c2nn(Cc3ccccc3)cc2C(=O)NC(C)c2ccccn2)cc1C. The first-order chi connectivity index (χ1) is 15.0. The summed E-state index contributed by atoms with van der Waals surface area (Å²) in [6.07, 6.45) is 3.56. The number of aromatic nitrogens is 3. The minimum absolute atomic E-state index is 0.161. The molecule has 0 radical (unpaired) electrons. The van der Waals surface area contributed by atoms with Crippen molar-refractivity contribution in [2.24, 2.45) is 0 Å². The van der Waals surface area contributed by atoms with Gasteiger partial charge < -0.3 is 5.32 Å². The number of aryl methyl sites for hydroxylation is 2. The molecule has 5 heteroatoms. The number of hydrogen-bond donors (Lipinski definition) is 1. The number of rotatable bonds is 6. The van der Waals surface area contributed by atoms with E-state index in [0.717, 1.165) is 16.8 Å². The lowest BCUT2D eigenvalue weighted by atomic mass is 10.0. The van der Waals surface area contributed by atoms with Gasteiger partial charge >= 0.3 is 0 Å². The molecule has 0 saturated carbocycles. The molecule has 156 valence electrons. The zero-order valence-electron chi connectivity index (χ0n) is 18.0. The van der Waals surface area contributed by atoms with Crippen molar-refractivity contribution in [2.45, 2.75) is 33.4 Å². The monoisotopic (exact) mass is 410 g/mol. The standard InChI is InChI=1S/C26H26N4O/c1-18-12-13-22(15-19(18)2)25-23(17-30(29-25)16-21-9-5-4-6-10-21)26(31)28-20(3)24-11-7-8-14-27-24/h4-15,17,20H,16H2,1-3H3,(H,28,31). The van der Waals surface area contributed by atoms with E-state index in [9.17, 15) is 4.79 Å². The van der Waals surface area contributed by atoms with Gasteiger partial charge in [0.05, 0.1) is 23.8 Å². The third-order valence-electron chi connectivity index (χ3n) is 5.45. The molecule has 1 amide bonds. The minimum atomic E-state index is -0.209. The Morgan fingerprint density at radius 1 is 1.00 bits per heavy atom. The molecule has 31 heavy (non-hydrogen) atoms. The molecule has 4 aromatic rings. The highest BCUT2D eigenvalue weighted by Gasteiger charge is 2.21. The molecular formula is C26H26N4O. The number of pyridine rings is 1. The van der Waals surface area contributed by atoms with E-state index >= 15 is 0 Å². The van der Waals surface area contributed by atoms with Crippen molar-refractivity contribution >= 4 is 5.91 Å². The highest BCUT2D eigenvalue weighted by molar-refractivity contribution is 6.00. The molecule has 1 N–H and O–H groups in total. The minimum Gasteiger partial charge on any atom is -0.344 e. The summed E-state index contributed by atoms with van der Waals surface area (Å²) in [4.78, 5) is 17.6. The van der Waals surface area contributed by atoms with Crippen LogP contribution in [0.15, 0.2) is 79.1 Å². The maximum atomic E-state index is 13.2. The van der Waals surface area contributed by atoms with Crippen molar-refractivity contribution in [3.05, 3.63) is 107 Å². The molecule has 2 heterocycles. The molecule has 5 nitrogen and oxygen atoms in total. The number of nitrogens with zero attached hydrogens (tertiary/aromatic N) is 3. The van der Waals surface area contributed by atoms with Gasteiger partial charge in [-0.1, -0.05) is 48.5 Å². The van der Waals surface area contributed by atoms with Crippen molar-refractivity contribution in [2.75, 3.05) is 0 Å². The molecule has 0 aliphatic heterocycles. The first-order valence-corrected chi connectivity index (χ1v) is 10.4. The van der Waals surface area contributed by atoms with Crippen LogP contribution in [-0.4, -0.2) is 20.7 Å². The van der Waals surface area contributed by atoms with Crippen molar-refractivity contribution in [3.63, 3.8) is 0 Å². The number of carbonyl (C=O) groups is 1. The van der Waals surface area contributed by atoms with Crippen LogP contribution >= 0.6 is 0 Å². The zero-order chi connectivity index (χ0) is 21.8. The van der Waals surface area contributed by atoms with E-state index in [1.807, 2.05) is 60.3 Å². The number of amides is 1. The average Bonchev–Trinajstić information content (AvgIpc) is 3.21. The number of carbonyl (C=O) groups excluding carboxylic acids is 1. The van der Waals surface area contributed by atoms with Crippen molar-refractivity contribution in [3.8, 4) is 11.3 Å². The molecule has 0 fully saturated rings. The summed E-state index contributed by atoms with van der Waals surface area (Å²) >= 11 is 0. The van der Waals surface area contributed by atoms with Gasteiger partial charge in [-0.3, -0.25) is 14.5 Å². The molecule has 0 spiro atoms. The van der Waals surface area contributed by atoms with E-state index in [1.54, 1.807) is 6.20 Å². The molecule has 0 bridgehead atoms. The average molecular weight is 411 g/mol. The summed E-state index contributed by atoms with van der Waals surface area (Å²) in [6, 6.07) is 21.8. The first-order valence-electron chi connectivity index (χ1n) is 10.4. The van der Waals surface area contributed by atoms with Gasteiger partial charge in [-0.25, -0.2) is 0 Å². The van der Waals surface area contributed by atoms with Crippen LogP contribution in [0.4, 0.5) is 0 Å². The molecule has 2 aromatic heterocycles. The number of nitrogens with one attached hydrogen (secondary N) is 1. The Balaban J connectivity index is 1.68.